The highest BCUT2D eigenvalue weighted by Gasteiger charge is 2.35. The van der Waals surface area contributed by atoms with Crippen molar-refractivity contribution in [1.82, 2.24) is 5.32 Å². The first-order chi connectivity index (χ1) is 9.49. The van der Waals surface area contributed by atoms with E-state index < -0.39 is 29.8 Å². The van der Waals surface area contributed by atoms with E-state index in [4.69, 9.17) is 9.84 Å². The minimum atomic E-state index is -1.00. The van der Waals surface area contributed by atoms with Crippen LogP contribution in [0.4, 0.5) is 14.9 Å². The molecule has 2 amide bonds. The lowest BCUT2D eigenvalue weighted by molar-refractivity contribution is -0.142. The first-order valence-corrected chi connectivity index (χ1v) is 6.09. The number of hydrogen-bond donors (Lipinski definition) is 2. The van der Waals surface area contributed by atoms with Crippen molar-refractivity contribution in [2.75, 3.05) is 25.2 Å². The Labute approximate surface area is 115 Å². The highest BCUT2D eigenvalue weighted by Crippen LogP contribution is 2.16. The molecule has 2 N–H and O–H groups in total. The largest absolute Gasteiger partial charge is 0.481 e. The third-order valence-electron chi connectivity index (χ3n) is 3.23. The molecule has 1 saturated heterocycles. The van der Waals surface area contributed by atoms with Gasteiger partial charge in [0.1, 0.15) is 11.7 Å². The number of rotatable bonds is 3. The molecular weight excluding hydrogens is 267 g/mol. The molecule has 1 aromatic carbocycles. The summed E-state index contributed by atoms with van der Waals surface area (Å²) in [6, 6.07) is 4.40. The summed E-state index contributed by atoms with van der Waals surface area (Å²) in [4.78, 5) is 24.3. The van der Waals surface area contributed by atoms with Crippen LogP contribution in [0.2, 0.25) is 0 Å². The number of nitrogens with one attached hydrogen (secondary N) is 1. The van der Waals surface area contributed by atoms with Crippen molar-refractivity contribution < 1.29 is 23.8 Å². The molecule has 0 saturated carbocycles. The van der Waals surface area contributed by atoms with Crippen LogP contribution in [0.3, 0.4) is 0 Å². The number of carbonyl (C=O) groups is 2. The number of hydrogen-bond acceptors (Lipinski definition) is 3. The lowest BCUT2D eigenvalue weighted by atomic mass is 10.0. The predicted octanol–water partition coefficient (Wildman–Crippen LogP) is 1.07. The Hall–Kier alpha value is -2.15. The molecule has 7 heteroatoms. The van der Waals surface area contributed by atoms with E-state index in [1.165, 1.54) is 36.2 Å². The Kier molecular flexibility index (Phi) is 4.19. The van der Waals surface area contributed by atoms with Gasteiger partial charge in [-0.3, -0.25) is 9.69 Å². The fraction of sp³-hybridized carbons (Fsp3) is 0.385. The van der Waals surface area contributed by atoms with Gasteiger partial charge in [-0.25, -0.2) is 9.18 Å². The summed E-state index contributed by atoms with van der Waals surface area (Å²) in [6.45, 7) is 0.251. The van der Waals surface area contributed by atoms with E-state index in [1.807, 2.05) is 0 Å². The molecule has 1 fully saturated rings. The summed E-state index contributed by atoms with van der Waals surface area (Å²) in [6.07, 6.45) is 0. The van der Waals surface area contributed by atoms with Crippen LogP contribution < -0.4 is 10.2 Å². The highest BCUT2D eigenvalue weighted by atomic mass is 19.1. The third-order valence-corrected chi connectivity index (χ3v) is 3.23. The molecule has 1 aliphatic heterocycles. The molecule has 1 heterocycles. The standard InChI is InChI=1S/C13H15FN2O4/c1-16(9-4-2-8(14)3-5-9)13(19)15-11-7-20-6-10(11)12(17)18/h2-5,10-11H,6-7H2,1H3,(H,15,19)(H,17,18). The van der Waals surface area contributed by atoms with Crippen molar-refractivity contribution >= 4 is 17.7 Å². The zero-order valence-corrected chi connectivity index (χ0v) is 10.9. The first-order valence-electron chi connectivity index (χ1n) is 6.09. The van der Waals surface area contributed by atoms with E-state index in [2.05, 4.69) is 5.32 Å². The minimum Gasteiger partial charge on any atom is -0.481 e. The third kappa shape index (κ3) is 3.05. The lowest BCUT2D eigenvalue weighted by Gasteiger charge is -2.22. The van der Waals surface area contributed by atoms with Crippen LogP contribution in [0.5, 0.6) is 0 Å². The van der Waals surface area contributed by atoms with Gasteiger partial charge in [0.25, 0.3) is 0 Å². The molecule has 2 unspecified atom stereocenters. The molecule has 6 nitrogen and oxygen atoms in total. The van der Waals surface area contributed by atoms with Gasteiger partial charge in [0.05, 0.1) is 19.3 Å². The number of anilines is 1. The van der Waals surface area contributed by atoms with Crippen molar-refractivity contribution in [1.29, 1.82) is 0 Å². The fourth-order valence-corrected chi connectivity index (χ4v) is 1.98. The van der Waals surface area contributed by atoms with Gasteiger partial charge in [-0.15, -0.1) is 0 Å². The number of carbonyl (C=O) groups excluding carboxylic acids is 1. The molecule has 108 valence electrons. The molecule has 0 spiro atoms. The first kappa shape index (κ1) is 14.3. The van der Waals surface area contributed by atoms with Crippen LogP contribution in [-0.2, 0) is 9.53 Å². The van der Waals surface area contributed by atoms with E-state index in [-0.39, 0.29) is 13.2 Å². The van der Waals surface area contributed by atoms with Gasteiger partial charge >= 0.3 is 12.0 Å². The van der Waals surface area contributed by atoms with E-state index >= 15 is 0 Å². The van der Waals surface area contributed by atoms with Crippen LogP contribution in [0, 0.1) is 11.7 Å². The SMILES string of the molecule is CN(C(=O)NC1COCC1C(=O)O)c1ccc(F)cc1. The van der Waals surface area contributed by atoms with E-state index in [0.717, 1.165) is 0 Å². The van der Waals surface area contributed by atoms with E-state index in [0.29, 0.717) is 5.69 Å². The second-order valence-electron chi connectivity index (χ2n) is 4.57. The van der Waals surface area contributed by atoms with Gasteiger partial charge in [0.15, 0.2) is 0 Å². The number of urea groups is 1. The van der Waals surface area contributed by atoms with Gasteiger partial charge < -0.3 is 15.2 Å². The van der Waals surface area contributed by atoms with Gasteiger partial charge in [0.2, 0.25) is 0 Å². The van der Waals surface area contributed by atoms with Crippen LogP contribution in [0.1, 0.15) is 0 Å². The molecule has 20 heavy (non-hydrogen) atoms. The van der Waals surface area contributed by atoms with Crippen molar-refractivity contribution in [3.63, 3.8) is 0 Å². The summed E-state index contributed by atoms with van der Waals surface area (Å²) in [5.74, 6) is -2.14. The van der Waals surface area contributed by atoms with Crippen LogP contribution in [-0.4, -0.2) is 43.4 Å². The maximum atomic E-state index is 12.8. The van der Waals surface area contributed by atoms with Crippen molar-refractivity contribution in [3.8, 4) is 0 Å². The molecule has 2 rings (SSSR count). The average molecular weight is 282 g/mol. The second kappa shape index (κ2) is 5.87. The molecule has 0 radical (unpaired) electrons. The molecule has 1 aliphatic rings. The maximum absolute atomic E-state index is 12.8. The summed E-state index contributed by atoms with van der Waals surface area (Å²) < 4.78 is 17.9. The van der Waals surface area contributed by atoms with E-state index in [1.54, 1.807) is 0 Å². The highest BCUT2D eigenvalue weighted by molar-refractivity contribution is 5.92. The number of ether oxygens (including phenoxy) is 1. The summed E-state index contributed by atoms with van der Waals surface area (Å²) >= 11 is 0. The van der Waals surface area contributed by atoms with Crippen LogP contribution in [0.15, 0.2) is 24.3 Å². The molecule has 2 atom stereocenters. The number of benzene rings is 1. The molecule has 0 aromatic heterocycles. The second-order valence-corrected chi connectivity index (χ2v) is 4.57. The molecule has 0 bridgehead atoms. The van der Waals surface area contributed by atoms with E-state index in [9.17, 15) is 14.0 Å². The Morgan fingerprint density at radius 2 is 2.00 bits per heavy atom. The van der Waals surface area contributed by atoms with Crippen LogP contribution >= 0.6 is 0 Å². The van der Waals surface area contributed by atoms with Gasteiger partial charge in [0, 0.05) is 12.7 Å². The van der Waals surface area contributed by atoms with Crippen LogP contribution in [0.25, 0.3) is 0 Å². The molecule has 1 aromatic rings. The number of carboxylic acids is 1. The number of amides is 2. The van der Waals surface area contributed by atoms with Crippen molar-refractivity contribution in [2.24, 2.45) is 5.92 Å². The average Bonchev–Trinajstić information content (AvgIpc) is 2.87. The van der Waals surface area contributed by atoms with Crippen molar-refractivity contribution in [3.05, 3.63) is 30.1 Å². The Bertz CT molecular complexity index is 506. The van der Waals surface area contributed by atoms with Gasteiger partial charge in [-0.05, 0) is 24.3 Å². The summed E-state index contributed by atoms with van der Waals surface area (Å²) in [7, 11) is 1.52. The Morgan fingerprint density at radius 1 is 1.35 bits per heavy atom. The van der Waals surface area contributed by atoms with Gasteiger partial charge in [-0.1, -0.05) is 0 Å². The Balaban J connectivity index is 2.00. The molecular formula is C13H15FN2O4. The minimum absolute atomic E-state index is 0.0839. The smallest absolute Gasteiger partial charge is 0.321 e. The lowest BCUT2D eigenvalue weighted by Crippen LogP contribution is -2.47. The number of halogens is 1. The summed E-state index contributed by atoms with van der Waals surface area (Å²) in [5, 5.41) is 11.6. The number of aliphatic carboxylic acids is 1. The zero-order valence-electron chi connectivity index (χ0n) is 10.9. The monoisotopic (exact) mass is 282 g/mol. The number of nitrogens with zero attached hydrogens (tertiary/aromatic N) is 1. The summed E-state index contributed by atoms with van der Waals surface area (Å²) in [5.41, 5.74) is 0.509. The number of carboxylic acid groups (broad SMARTS) is 1. The van der Waals surface area contributed by atoms with Gasteiger partial charge in [-0.2, -0.15) is 0 Å². The maximum Gasteiger partial charge on any atom is 0.321 e. The predicted molar refractivity (Wildman–Crippen MR) is 69.1 cm³/mol. The van der Waals surface area contributed by atoms with Crippen molar-refractivity contribution in [2.45, 2.75) is 6.04 Å². The fourth-order valence-electron chi connectivity index (χ4n) is 1.98. The quantitative estimate of drug-likeness (QED) is 0.869. The Morgan fingerprint density at radius 3 is 2.60 bits per heavy atom. The topological polar surface area (TPSA) is 78.9 Å². The zero-order chi connectivity index (χ0) is 14.7. The normalized spacial score (nSPS) is 21.5. The molecule has 0 aliphatic carbocycles.